The van der Waals surface area contributed by atoms with Crippen LogP contribution < -0.4 is 0 Å². The molecule has 0 saturated heterocycles. The van der Waals surface area contributed by atoms with Crippen molar-refractivity contribution < 1.29 is 13.9 Å². The van der Waals surface area contributed by atoms with Crippen molar-refractivity contribution in [1.29, 1.82) is 0 Å². The highest BCUT2D eigenvalue weighted by Gasteiger charge is 2.16. The number of carbonyl (C=O) groups excluding carboxylic acids is 1. The highest BCUT2D eigenvalue weighted by molar-refractivity contribution is 5.87. The van der Waals surface area contributed by atoms with Crippen LogP contribution in [-0.4, -0.2) is 12.1 Å². The third-order valence-electron chi connectivity index (χ3n) is 3.10. The van der Waals surface area contributed by atoms with Crippen molar-refractivity contribution in [1.82, 2.24) is 0 Å². The lowest BCUT2D eigenvalue weighted by Gasteiger charge is -2.20. The van der Waals surface area contributed by atoms with Crippen molar-refractivity contribution in [3.05, 3.63) is 41.7 Å². The molecule has 0 heterocycles. The molecule has 1 aliphatic rings. The van der Waals surface area contributed by atoms with Gasteiger partial charge in [-0.3, -0.25) is 0 Å². The fourth-order valence-electron chi connectivity index (χ4n) is 2.16. The van der Waals surface area contributed by atoms with Crippen LogP contribution in [0.2, 0.25) is 0 Å². The van der Waals surface area contributed by atoms with E-state index in [1.807, 2.05) is 0 Å². The van der Waals surface area contributed by atoms with Crippen LogP contribution in [0.15, 0.2) is 30.3 Å². The highest BCUT2D eigenvalue weighted by atomic mass is 19.1. The zero-order valence-electron chi connectivity index (χ0n) is 10.3. The summed E-state index contributed by atoms with van der Waals surface area (Å²) in [6.45, 7) is 0. The number of carbonyl (C=O) groups is 1. The van der Waals surface area contributed by atoms with Crippen LogP contribution >= 0.6 is 0 Å². The molecule has 18 heavy (non-hydrogen) atoms. The standard InChI is InChI=1S/C15H17FO2/c16-13-6-4-5-12(11-13)9-10-15(17)18-14-7-2-1-3-8-14/h4-6,9-11,14H,1-3,7-8H2/b10-9+. The molecule has 1 saturated carbocycles. The van der Waals surface area contributed by atoms with E-state index in [9.17, 15) is 9.18 Å². The first-order chi connectivity index (χ1) is 8.74. The van der Waals surface area contributed by atoms with Gasteiger partial charge in [-0.1, -0.05) is 18.6 Å². The Morgan fingerprint density at radius 3 is 2.78 bits per heavy atom. The Kier molecular flexibility index (Phi) is 4.51. The Balaban J connectivity index is 1.86. The van der Waals surface area contributed by atoms with Crippen LogP contribution in [0.3, 0.4) is 0 Å². The van der Waals surface area contributed by atoms with E-state index >= 15 is 0 Å². The van der Waals surface area contributed by atoms with E-state index in [2.05, 4.69) is 0 Å². The van der Waals surface area contributed by atoms with E-state index in [1.165, 1.54) is 24.6 Å². The molecule has 1 fully saturated rings. The molecule has 0 radical (unpaired) electrons. The number of hydrogen-bond donors (Lipinski definition) is 0. The van der Waals surface area contributed by atoms with E-state index in [-0.39, 0.29) is 17.9 Å². The van der Waals surface area contributed by atoms with Crippen molar-refractivity contribution in [2.75, 3.05) is 0 Å². The van der Waals surface area contributed by atoms with Crippen LogP contribution in [0.25, 0.3) is 6.08 Å². The van der Waals surface area contributed by atoms with Crippen molar-refractivity contribution in [2.24, 2.45) is 0 Å². The average Bonchev–Trinajstić information content (AvgIpc) is 2.38. The first kappa shape index (κ1) is 12.8. The number of rotatable bonds is 3. The van der Waals surface area contributed by atoms with Crippen molar-refractivity contribution in [3.8, 4) is 0 Å². The van der Waals surface area contributed by atoms with E-state index < -0.39 is 0 Å². The van der Waals surface area contributed by atoms with Crippen LogP contribution in [-0.2, 0) is 9.53 Å². The zero-order valence-corrected chi connectivity index (χ0v) is 10.3. The molecule has 0 aromatic heterocycles. The molecule has 1 aromatic carbocycles. The van der Waals surface area contributed by atoms with Crippen molar-refractivity contribution in [3.63, 3.8) is 0 Å². The summed E-state index contributed by atoms with van der Waals surface area (Å²) >= 11 is 0. The van der Waals surface area contributed by atoms with Crippen molar-refractivity contribution >= 4 is 12.0 Å². The summed E-state index contributed by atoms with van der Waals surface area (Å²) < 4.78 is 18.2. The Bertz CT molecular complexity index is 434. The summed E-state index contributed by atoms with van der Waals surface area (Å²) in [6, 6.07) is 6.11. The first-order valence-corrected chi connectivity index (χ1v) is 6.38. The molecule has 0 spiro atoms. The maximum Gasteiger partial charge on any atom is 0.331 e. The molecular weight excluding hydrogens is 231 g/mol. The fraction of sp³-hybridized carbons (Fsp3) is 0.400. The molecule has 2 rings (SSSR count). The second kappa shape index (κ2) is 6.34. The molecule has 1 aromatic rings. The van der Waals surface area contributed by atoms with E-state index in [0.717, 1.165) is 25.7 Å². The third kappa shape index (κ3) is 3.99. The maximum absolute atomic E-state index is 12.9. The lowest BCUT2D eigenvalue weighted by Crippen LogP contribution is -2.19. The summed E-state index contributed by atoms with van der Waals surface area (Å²) in [5.41, 5.74) is 0.663. The van der Waals surface area contributed by atoms with Gasteiger partial charge in [0.15, 0.2) is 0 Å². The topological polar surface area (TPSA) is 26.3 Å². The predicted molar refractivity (Wildman–Crippen MR) is 68.4 cm³/mol. The SMILES string of the molecule is O=C(/C=C/c1cccc(F)c1)OC1CCCCC1. The molecule has 0 atom stereocenters. The van der Waals surface area contributed by atoms with Gasteiger partial charge in [-0.25, -0.2) is 9.18 Å². The fourth-order valence-corrected chi connectivity index (χ4v) is 2.16. The van der Waals surface area contributed by atoms with E-state index in [0.29, 0.717) is 5.56 Å². The molecule has 0 amide bonds. The molecule has 2 nitrogen and oxygen atoms in total. The average molecular weight is 248 g/mol. The molecule has 96 valence electrons. The summed E-state index contributed by atoms with van der Waals surface area (Å²) in [5, 5.41) is 0. The second-order valence-corrected chi connectivity index (χ2v) is 4.59. The number of halogens is 1. The van der Waals surface area contributed by atoms with E-state index in [1.54, 1.807) is 18.2 Å². The van der Waals surface area contributed by atoms with Gasteiger partial charge in [0.2, 0.25) is 0 Å². The molecule has 0 aliphatic heterocycles. The van der Waals surface area contributed by atoms with Gasteiger partial charge in [-0.15, -0.1) is 0 Å². The molecule has 0 N–H and O–H groups in total. The lowest BCUT2D eigenvalue weighted by molar-refractivity contribution is -0.144. The van der Waals surface area contributed by atoms with Gasteiger partial charge in [0, 0.05) is 6.08 Å². The van der Waals surface area contributed by atoms with Crippen LogP contribution in [0.1, 0.15) is 37.7 Å². The smallest absolute Gasteiger partial charge is 0.331 e. The minimum atomic E-state index is -0.342. The molecule has 0 bridgehead atoms. The lowest BCUT2D eigenvalue weighted by atomic mass is 9.98. The summed E-state index contributed by atoms with van der Waals surface area (Å²) in [5.74, 6) is -0.649. The Labute approximate surface area is 106 Å². The largest absolute Gasteiger partial charge is 0.459 e. The van der Waals surface area contributed by atoms with Crippen LogP contribution in [0, 0.1) is 5.82 Å². The minimum absolute atomic E-state index is 0.0587. The maximum atomic E-state index is 12.9. The Hall–Kier alpha value is -1.64. The van der Waals surface area contributed by atoms with Gasteiger partial charge in [-0.2, -0.15) is 0 Å². The van der Waals surface area contributed by atoms with Gasteiger partial charge >= 0.3 is 5.97 Å². The van der Waals surface area contributed by atoms with Crippen LogP contribution in [0.4, 0.5) is 4.39 Å². The summed E-state index contributed by atoms with van der Waals surface area (Å²) in [4.78, 5) is 11.6. The Morgan fingerprint density at radius 2 is 2.06 bits per heavy atom. The predicted octanol–water partition coefficient (Wildman–Crippen LogP) is 3.71. The molecule has 0 unspecified atom stereocenters. The summed E-state index contributed by atoms with van der Waals surface area (Å²) in [6.07, 6.45) is 8.41. The van der Waals surface area contributed by atoms with Gasteiger partial charge in [-0.05, 0) is 49.5 Å². The normalized spacial score (nSPS) is 16.9. The first-order valence-electron chi connectivity index (χ1n) is 6.38. The molecule has 1 aliphatic carbocycles. The Morgan fingerprint density at radius 1 is 1.28 bits per heavy atom. The summed E-state index contributed by atoms with van der Waals surface area (Å²) in [7, 11) is 0. The monoisotopic (exact) mass is 248 g/mol. The quantitative estimate of drug-likeness (QED) is 0.602. The number of ether oxygens (including phenoxy) is 1. The third-order valence-corrected chi connectivity index (χ3v) is 3.10. The number of esters is 1. The zero-order chi connectivity index (χ0) is 12.8. The van der Waals surface area contributed by atoms with Gasteiger partial charge in [0.25, 0.3) is 0 Å². The molecular formula is C15H17FO2. The minimum Gasteiger partial charge on any atom is -0.459 e. The number of hydrogen-bond acceptors (Lipinski definition) is 2. The van der Waals surface area contributed by atoms with Gasteiger partial charge < -0.3 is 4.74 Å². The van der Waals surface area contributed by atoms with Crippen LogP contribution in [0.5, 0.6) is 0 Å². The highest BCUT2D eigenvalue weighted by Crippen LogP contribution is 2.20. The van der Waals surface area contributed by atoms with Gasteiger partial charge in [0.1, 0.15) is 11.9 Å². The number of benzene rings is 1. The second-order valence-electron chi connectivity index (χ2n) is 4.59. The van der Waals surface area contributed by atoms with Crippen molar-refractivity contribution in [2.45, 2.75) is 38.2 Å². The molecule has 3 heteroatoms. The van der Waals surface area contributed by atoms with E-state index in [4.69, 9.17) is 4.74 Å². The van der Waals surface area contributed by atoms with Gasteiger partial charge in [0.05, 0.1) is 0 Å².